The first-order valence-corrected chi connectivity index (χ1v) is 24.8. The van der Waals surface area contributed by atoms with Gasteiger partial charge in [-0.25, -0.2) is 0 Å². The van der Waals surface area contributed by atoms with Crippen LogP contribution in [0.2, 0.25) is 0 Å². The Kier molecular flexibility index (Phi) is 8.03. The molecule has 0 amide bonds. The predicted molar refractivity (Wildman–Crippen MR) is 292 cm³/mol. The number of thiophene rings is 1. The Morgan fingerprint density at radius 1 is 0.507 bits per heavy atom. The van der Waals surface area contributed by atoms with E-state index < -0.39 is 0 Å². The largest absolute Gasteiger partial charge is 0.355 e. The Morgan fingerprint density at radius 2 is 1.13 bits per heavy atom. The van der Waals surface area contributed by atoms with Gasteiger partial charge in [-0.15, -0.1) is 11.3 Å². The highest BCUT2D eigenvalue weighted by atomic mass is 32.1. The Hall–Kier alpha value is -7.08. The lowest BCUT2D eigenvalue weighted by Crippen LogP contribution is -2.37. The quantitative estimate of drug-likeness (QED) is 0.175. The molecule has 3 aromatic heterocycles. The maximum atomic E-state index is 4.03. The fraction of sp³-hybridized carbons (Fsp3) is 0.161. The van der Waals surface area contributed by atoms with Crippen molar-refractivity contribution in [1.29, 1.82) is 0 Å². The van der Waals surface area contributed by atoms with Gasteiger partial charge in [0.2, 0.25) is 0 Å². The number of anilines is 2. The molecular formula is C62H50BN3S. The lowest BCUT2D eigenvalue weighted by atomic mass is 9.58. The fourth-order valence-corrected chi connectivity index (χ4v) is 13.4. The fourth-order valence-electron chi connectivity index (χ4n) is 12.2. The molecule has 3 nitrogen and oxygen atoms in total. The maximum absolute atomic E-state index is 4.03. The summed E-state index contributed by atoms with van der Waals surface area (Å²) in [7, 11) is 0.829. The van der Waals surface area contributed by atoms with E-state index in [2.05, 4.69) is 214 Å². The molecular weight excluding hydrogens is 830 g/mol. The topological polar surface area (TPSA) is 21.9 Å². The predicted octanol–water partition coefficient (Wildman–Crippen LogP) is 15.5. The molecule has 14 rings (SSSR count). The summed E-state index contributed by atoms with van der Waals surface area (Å²) >= 11 is 1.94. The van der Waals surface area contributed by atoms with E-state index in [1.165, 1.54) is 143 Å². The van der Waals surface area contributed by atoms with Gasteiger partial charge in [0.25, 0.3) is 0 Å². The van der Waals surface area contributed by atoms with Crippen molar-refractivity contribution in [1.82, 2.24) is 9.13 Å². The minimum atomic E-state index is 0.110. The number of aromatic nitrogens is 2. The zero-order valence-electron chi connectivity index (χ0n) is 38.9. The monoisotopic (exact) mass is 879 g/mol. The Balaban J connectivity index is 1.17. The standard InChI is InChI=1S/C62H50BN3S/c1-35-19-22-39(23-20-35)64-50-34-57-43(44-31-47-48(33-56(44)67-57)62(5,6)26-25-61(47,3)4)30-42(50)45-32-55(65-51-17-11-9-15-40(51)41-16-10-12-18-52(41)65)58-46-28-37-13-7-8-14-38(37)29-54(46)66-53-24-21-36(2)27-49(53)63-59(45)60(58)66/h7-24,27-34,63-64H,25-26H2,1-6H3. The number of aryl methyl sites for hydroxylation is 2. The van der Waals surface area contributed by atoms with E-state index in [0.29, 0.717) is 0 Å². The van der Waals surface area contributed by atoms with Crippen molar-refractivity contribution in [2.24, 2.45) is 0 Å². The van der Waals surface area contributed by atoms with Crippen LogP contribution in [0.5, 0.6) is 0 Å². The van der Waals surface area contributed by atoms with E-state index >= 15 is 0 Å². The zero-order valence-corrected chi connectivity index (χ0v) is 39.8. The van der Waals surface area contributed by atoms with Gasteiger partial charge in [0, 0.05) is 64.3 Å². The molecule has 0 bridgehead atoms. The van der Waals surface area contributed by atoms with Crippen LogP contribution in [-0.4, -0.2) is 16.4 Å². The van der Waals surface area contributed by atoms with Crippen LogP contribution in [0.1, 0.15) is 62.8 Å². The smallest absolute Gasteiger partial charge is 0.198 e. The molecule has 2 aliphatic rings. The Labute approximate surface area is 395 Å². The summed E-state index contributed by atoms with van der Waals surface area (Å²) in [6, 6.07) is 60.4. The van der Waals surface area contributed by atoms with Crippen LogP contribution >= 0.6 is 11.3 Å². The van der Waals surface area contributed by atoms with E-state index in [4.69, 9.17) is 0 Å². The molecule has 0 radical (unpaired) electrons. The third-order valence-corrected chi connectivity index (χ3v) is 17.0. The molecule has 0 atom stereocenters. The van der Waals surface area contributed by atoms with Crippen molar-refractivity contribution in [2.75, 3.05) is 5.32 Å². The number of para-hydroxylation sites is 2. The lowest BCUT2D eigenvalue weighted by molar-refractivity contribution is 0.332. The van der Waals surface area contributed by atoms with E-state index in [-0.39, 0.29) is 10.8 Å². The van der Waals surface area contributed by atoms with Gasteiger partial charge in [0.15, 0.2) is 7.28 Å². The Morgan fingerprint density at radius 3 is 1.87 bits per heavy atom. The molecule has 9 aromatic carbocycles. The average molecular weight is 880 g/mol. The van der Waals surface area contributed by atoms with Crippen molar-refractivity contribution < 1.29 is 0 Å². The van der Waals surface area contributed by atoms with Gasteiger partial charge in [-0.2, -0.15) is 0 Å². The van der Waals surface area contributed by atoms with Crippen molar-refractivity contribution in [2.45, 2.75) is 65.2 Å². The van der Waals surface area contributed by atoms with Gasteiger partial charge < -0.3 is 14.5 Å². The molecule has 322 valence electrons. The second-order valence-corrected chi connectivity index (χ2v) is 22.1. The first kappa shape index (κ1) is 39.1. The number of benzene rings is 9. The highest BCUT2D eigenvalue weighted by Crippen LogP contribution is 2.51. The number of nitrogens with one attached hydrogen (secondary N) is 1. The molecule has 5 heteroatoms. The summed E-state index contributed by atoms with van der Waals surface area (Å²) in [5, 5.41) is 14.3. The minimum absolute atomic E-state index is 0.110. The number of hydrogen-bond donors (Lipinski definition) is 1. The first-order chi connectivity index (χ1) is 32.5. The van der Waals surface area contributed by atoms with Crippen LogP contribution in [0.4, 0.5) is 11.4 Å². The van der Waals surface area contributed by atoms with Gasteiger partial charge in [0.1, 0.15) is 0 Å². The van der Waals surface area contributed by atoms with Crippen molar-refractivity contribution in [3.8, 4) is 22.5 Å². The molecule has 1 N–H and O–H groups in total. The molecule has 12 aromatic rings. The number of hydrogen-bond acceptors (Lipinski definition) is 2. The van der Waals surface area contributed by atoms with Crippen LogP contribution in [0.15, 0.2) is 158 Å². The Bertz CT molecular complexity index is 4070. The van der Waals surface area contributed by atoms with Crippen molar-refractivity contribution >= 4 is 115 Å². The lowest BCUT2D eigenvalue weighted by Gasteiger charge is -2.41. The summed E-state index contributed by atoms with van der Waals surface area (Å²) in [4.78, 5) is 0. The minimum Gasteiger partial charge on any atom is -0.355 e. The van der Waals surface area contributed by atoms with Crippen LogP contribution < -0.4 is 16.2 Å². The summed E-state index contributed by atoms with van der Waals surface area (Å²) < 4.78 is 7.87. The molecule has 4 heterocycles. The summed E-state index contributed by atoms with van der Waals surface area (Å²) in [5.41, 5.74) is 20.7. The third kappa shape index (κ3) is 5.64. The number of rotatable bonds is 4. The molecule has 1 aliphatic carbocycles. The van der Waals surface area contributed by atoms with E-state index in [9.17, 15) is 0 Å². The summed E-state index contributed by atoms with van der Waals surface area (Å²) in [5.74, 6) is 0. The number of fused-ring (bicyclic) bond motifs is 13. The molecule has 67 heavy (non-hydrogen) atoms. The SMILES string of the molecule is Cc1ccc(Nc2cc3sc4cc5c(cc4c3cc2-c2cc(-n3c4ccccc4c4ccccc43)c3c4cc6ccccc6cc4n4c3c2Bc2cc(C)ccc2-4)C(C)(C)CCC5(C)C)cc1. The maximum Gasteiger partial charge on any atom is 0.198 e. The second-order valence-electron chi connectivity index (χ2n) is 21.0. The molecule has 0 spiro atoms. The molecule has 0 saturated heterocycles. The van der Waals surface area contributed by atoms with Crippen LogP contribution in [0, 0.1) is 13.8 Å². The second kappa shape index (κ2) is 13.7. The molecule has 1 aliphatic heterocycles. The average Bonchev–Trinajstić information content (AvgIpc) is 3.98. The van der Waals surface area contributed by atoms with Crippen LogP contribution in [0.25, 0.3) is 97.1 Å². The highest BCUT2D eigenvalue weighted by Gasteiger charge is 2.38. The van der Waals surface area contributed by atoms with Gasteiger partial charge in [-0.1, -0.05) is 129 Å². The third-order valence-electron chi connectivity index (χ3n) is 15.9. The van der Waals surface area contributed by atoms with Gasteiger partial charge in [-0.05, 0) is 143 Å². The summed E-state index contributed by atoms with van der Waals surface area (Å²) in [6.45, 7) is 14.2. The van der Waals surface area contributed by atoms with Crippen LogP contribution in [0.3, 0.4) is 0 Å². The van der Waals surface area contributed by atoms with Gasteiger partial charge >= 0.3 is 0 Å². The van der Waals surface area contributed by atoms with Crippen LogP contribution in [-0.2, 0) is 10.8 Å². The molecule has 0 fully saturated rings. The van der Waals surface area contributed by atoms with Crippen molar-refractivity contribution in [3.63, 3.8) is 0 Å². The normalized spacial score (nSPS) is 15.0. The van der Waals surface area contributed by atoms with E-state index in [0.717, 1.165) is 18.7 Å². The summed E-state index contributed by atoms with van der Waals surface area (Å²) in [6.07, 6.45) is 2.39. The molecule has 0 saturated carbocycles. The highest BCUT2D eigenvalue weighted by molar-refractivity contribution is 7.25. The van der Waals surface area contributed by atoms with E-state index in [1.807, 2.05) is 11.3 Å². The van der Waals surface area contributed by atoms with Crippen molar-refractivity contribution in [3.05, 3.63) is 180 Å². The first-order valence-electron chi connectivity index (χ1n) is 24.0. The number of nitrogens with zero attached hydrogens (tertiary/aromatic N) is 2. The zero-order chi connectivity index (χ0) is 45.1. The van der Waals surface area contributed by atoms with Gasteiger partial charge in [-0.3, -0.25) is 0 Å². The van der Waals surface area contributed by atoms with E-state index in [1.54, 1.807) is 0 Å². The van der Waals surface area contributed by atoms with Gasteiger partial charge in [0.05, 0.1) is 27.8 Å². The molecule has 0 unspecified atom stereocenters.